The van der Waals surface area contributed by atoms with Crippen molar-refractivity contribution in [3.8, 4) is 5.75 Å². The predicted molar refractivity (Wildman–Crippen MR) is 59.7 cm³/mol. The van der Waals surface area contributed by atoms with Crippen molar-refractivity contribution in [3.63, 3.8) is 0 Å². The molecule has 80 valence electrons. The van der Waals surface area contributed by atoms with Gasteiger partial charge in [-0.3, -0.25) is 4.79 Å². The van der Waals surface area contributed by atoms with E-state index < -0.39 is 0 Å². The van der Waals surface area contributed by atoms with E-state index in [4.69, 9.17) is 16.3 Å². The number of hydrogen-bond acceptors (Lipinski definition) is 2. The molecule has 1 aromatic carbocycles. The molecule has 2 rings (SSSR count). The van der Waals surface area contributed by atoms with Crippen molar-refractivity contribution in [3.05, 3.63) is 28.8 Å². The summed E-state index contributed by atoms with van der Waals surface area (Å²) in [6, 6.07) is 5.35. The van der Waals surface area contributed by atoms with Gasteiger partial charge in [0.25, 0.3) is 0 Å². The molecule has 0 N–H and O–H groups in total. The van der Waals surface area contributed by atoms with Crippen molar-refractivity contribution in [2.45, 2.75) is 32.3 Å². The summed E-state index contributed by atoms with van der Waals surface area (Å²) in [5.74, 6) is 0.674. The number of carbonyl (C=O) groups excluding carboxylic acids is 1. The number of Topliss-reactive ketones (excluding diaryl/α,β-unsaturated/α-hetero) is 1. The summed E-state index contributed by atoms with van der Waals surface area (Å²) in [4.78, 5) is 11.7. The van der Waals surface area contributed by atoms with Gasteiger partial charge < -0.3 is 4.74 Å². The highest BCUT2D eigenvalue weighted by atomic mass is 35.5. The van der Waals surface area contributed by atoms with Crippen molar-refractivity contribution in [2.24, 2.45) is 0 Å². The molecular formula is C12H13ClO2. The van der Waals surface area contributed by atoms with Gasteiger partial charge in [-0.25, -0.2) is 0 Å². The highest BCUT2D eigenvalue weighted by Crippen LogP contribution is 2.33. The van der Waals surface area contributed by atoms with Crippen LogP contribution < -0.4 is 4.74 Å². The van der Waals surface area contributed by atoms with Crippen LogP contribution >= 0.6 is 11.6 Å². The van der Waals surface area contributed by atoms with Crippen LogP contribution in [-0.2, 0) is 0 Å². The summed E-state index contributed by atoms with van der Waals surface area (Å²) < 4.78 is 5.65. The molecule has 15 heavy (non-hydrogen) atoms. The number of benzene rings is 1. The van der Waals surface area contributed by atoms with Crippen molar-refractivity contribution in [1.29, 1.82) is 0 Å². The molecular weight excluding hydrogens is 212 g/mol. The van der Waals surface area contributed by atoms with Crippen LogP contribution in [0.25, 0.3) is 0 Å². The standard InChI is InChI=1S/C12H13ClO2/c1-2-10(14)12-9(13)4-3-5-11(12)15-8-6-7-8/h3-5,8H,2,6-7H2,1H3. The van der Waals surface area contributed by atoms with E-state index >= 15 is 0 Å². The zero-order chi connectivity index (χ0) is 10.8. The molecule has 1 fully saturated rings. The Balaban J connectivity index is 2.33. The molecule has 1 saturated carbocycles. The summed E-state index contributed by atoms with van der Waals surface area (Å²) in [6.07, 6.45) is 2.88. The van der Waals surface area contributed by atoms with Gasteiger partial charge in [-0.2, -0.15) is 0 Å². The fraction of sp³-hybridized carbons (Fsp3) is 0.417. The lowest BCUT2D eigenvalue weighted by molar-refractivity contribution is 0.0984. The first-order valence-electron chi connectivity index (χ1n) is 5.20. The largest absolute Gasteiger partial charge is 0.490 e. The van der Waals surface area contributed by atoms with Crippen LogP contribution in [0.2, 0.25) is 5.02 Å². The van der Waals surface area contributed by atoms with Crippen LogP contribution in [-0.4, -0.2) is 11.9 Å². The SMILES string of the molecule is CCC(=O)c1c(Cl)cccc1OC1CC1. The van der Waals surface area contributed by atoms with Gasteiger partial charge in [0.1, 0.15) is 5.75 Å². The molecule has 0 atom stereocenters. The Bertz CT molecular complexity index is 383. The summed E-state index contributed by atoms with van der Waals surface area (Å²) in [7, 11) is 0. The Kier molecular flexibility index (Phi) is 2.96. The van der Waals surface area contributed by atoms with Crippen LogP contribution in [0.15, 0.2) is 18.2 Å². The second-order valence-electron chi connectivity index (χ2n) is 3.71. The van der Waals surface area contributed by atoms with Gasteiger partial charge in [0.05, 0.1) is 16.7 Å². The third-order valence-electron chi connectivity index (χ3n) is 2.39. The lowest BCUT2D eigenvalue weighted by atomic mass is 10.1. The molecule has 0 aliphatic heterocycles. The molecule has 0 amide bonds. The quantitative estimate of drug-likeness (QED) is 0.732. The summed E-state index contributed by atoms with van der Waals surface area (Å²) >= 11 is 6.01. The molecule has 0 aromatic heterocycles. The molecule has 0 saturated heterocycles. The maximum Gasteiger partial charge on any atom is 0.167 e. The van der Waals surface area contributed by atoms with Crippen molar-refractivity contribution in [1.82, 2.24) is 0 Å². The Morgan fingerprint density at radius 3 is 2.87 bits per heavy atom. The third kappa shape index (κ3) is 2.32. The van der Waals surface area contributed by atoms with E-state index in [1.807, 2.05) is 19.1 Å². The normalized spacial score (nSPS) is 15.1. The van der Waals surface area contributed by atoms with E-state index in [1.54, 1.807) is 6.07 Å². The zero-order valence-corrected chi connectivity index (χ0v) is 9.38. The number of ketones is 1. The fourth-order valence-electron chi connectivity index (χ4n) is 1.42. The Morgan fingerprint density at radius 2 is 2.27 bits per heavy atom. The number of halogens is 1. The molecule has 2 nitrogen and oxygen atoms in total. The second kappa shape index (κ2) is 4.23. The minimum Gasteiger partial charge on any atom is -0.490 e. The molecule has 0 unspecified atom stereocenters. The monoisotopic (exact) mass is 224 g/mol. The van der Waals surface area contributed by atoms with E-state index in [0.717, 1.165) is 12.8 Å². The molecule has 1 aromatic rings. The maximum absolute atomic E-state index is 11.7. The molecule has 0 heterocycles. The average molecular weight is 225 g/mol. The number of carbonyl (C=O) groups is 1. The zero-order valence-electron chi connectivity index (χ0n) is 8.63. The molecule has 3 heteroatoms. The van der Waals surface area contributed by atoms with Gasteiger partial charge >= 0.3 is 0 Å². The topological polar surface area (TPSA) is 26.3 Å². The summed E-state index contributed by atoms with van der Waals surface area (Å²) in [5, 5.41) is 0.486. The van der Waals surface area contributed by atoms with Crippen molar-refractivity contribution < 1.29 is 9.53 Å². The van der Waals surface area contributed by atoms with E-state index in [2.05, 4.69) is 0 Å². The lowest BCUT2D eigenvalue weighted by Crippen LogP contribution is -2.05. The van der Waals surface area contributed by atoms with Gasteiger partial charge in [0, 0.05) is 6.42 Å². The van der Waals surface area contributed by atoms with Gasteiger partial charge in [-0.05, 0) is 25.0 Å². The smallest absolute Gasteiger partial charge is 0.167 e. The molecule has 1 aliphatic carbocycles. The summed E-state index contributed by atoms with van der Waals surface area (Å²) in [6.45, 7) is 1.83. The Labute approximate surface area is 94.2 Å². The number of hydrogen-bond donors (Lipinski definition) is 0. The van der Waals surface area contributed by atoms with Crippen LogP contribution in [0, 0.1) is 0 Å². The highest BCUT2D eigenvalue weighted by Gasteiger charge is 2.26. The molecule has 0 spiro atoms. The molecule has 0 radical (unpaired) electrons. The van der Waals surface area contributed by atoms with Crippen molar-refractivity contribution >= 4 is 17.4 Å². The average Bonchev–Trinajstić information content (AvgIpc) is 3.01. The second-order valence-corrected chi connectivity index (χ2v) is 4.11. The maximum atomic E-state index is 11.7. The van der Waals surface area contributed by atoms with Crippen LogP contribution in [0.3, 0.4) is 0 Å². The predicted octanol–water partition coefficient (Wildman–Crippen LogP) is 3.47. The van der Waals surface area contributed by atoms with Crippen LogP contribution in [0.5, 0.6) is 5.75 Å². The van der Waals surface area contributed by atoms with Crippen molar-refractivity contribution in [2.75, 3.05) is 0 Å². The first-order chi connectivity index (χ1) is 7.22. The number of ether oxygens (including phenoxy) is 1. The van der Waals surface area contributed by atoms with Gasteiger partial charge in [-0.15, -0.1) is 0 Å². The van der Waals surface area contributed by atoms with E-state index in [9.17, 15) is 4.79 Å². The lowest BCUT2D eigenvalue weighted by Gasteiger charge is -2.10. The highest BCUT2D eigenvalue weighted by molar-refractivity contribution is 6.34. The first-order valence-corrected chi connectivity index (χ1v) is 5.58. The van der Waals surface area contributed by atoms with Crippen LogP contribution in [0.4, 0.5) is 0 Å². The first kappa shape index (κ1) is 10.5. The molecule has 0 bridgehead atoms. The van der Waals surface area contributed by atoms with Gasteiger partial charge in [0.15, 0.2) is 5.78 Å². The Morgan fingerprint density at radius 1 is 1.53 bits per heavy atom. The minimum atomic E-state index is 0.0382. The van der Waals surface area contributed by atoms with Gasteiger partial charge in [0.2, 0.25) is 0 Å². The van der Waals surface area contributed by atoms with E-state index in [-0.39, 0.29) is 11.9 Å². The summed E-state index contributed by atoms with van der Waals surface area (Å²) in [5.41, 5.74) is 0.536. The van der Waals surface area contributed by atoms with Crippen LogP contribution in [0.1, 0.15) is 36.5 Å². The van der Waals surface area contributed by atoms with E-state index in [0.29, 0.717) is 22.8 Å². The van der Waals surface area contributed by atoms with Gasteiger partial charge in [-0.1, -0.05) is 24.6 Å². The minimum absolute atomic E-state index is 0.0382. The Hall–Kier alpha value is -1.02. The number of rotatable bonds is 4. The fourth-order valence-corrected chi connectivity index (χ4v) is 1.69. The third-order valence-corrected chi connectivity index (χ3v) is 2.71. The van der Waals surface area contributed by atoms with E-state index in [1.165, 1.54) is 0 Å². The molecule has 1 aliphatic rings.